The highest BCUT2D eigenvalue weighted by Gasteiger charge is 2.52. The number of benzene rings is 2. The first-order chi connectivity index (χ1) is 17.0. The van der Waals surface area contributed by atoms with Gasteiger partial charge in [0.15, 0.2) is 14.6 Å². The SMILES string of the molecule is O=C(NO)C1(S(=O)(=O)c2ccc(OCCCOCc3cc(F)cc(C(F)(F)F)c3)cc2)CCOCC1. The van der Waals surface area contributed by atoms with E-state index in [0.29, 0.717) is 18.2 Å². The zero-order valence-corrected chi connectivity index (χ0v) is 19.8. The molecule has 1 aliphatic heterocycles. The van der Waals surface area contributed by atoms with E-state index >= 15 is 0 Å². The number of carbonyl (C=O) groups excluding carboxylic acids is 1. The van der Waals surface area contributed by atoms with Gasteiger partial charge in [-0.25, -0.2) is 18.3 Å². The lowest BCUT2D eigenvalue weighted by Crippen LogP contribution is -2.54. The van der Waals surface area contributed by atoms with Crippen LogP contribution in [-0.2, 0) is 36.9 Å². The van der Waals surface area contributed by atoms with Gasteiger partial charge in [-0.3, -0.25) is 10.0 Å². The number of sulfone groups is 1. The third-order valence-corrected chi connectivity index (χ3v) is 8.23. The minimum atomic E-state index is -4.66. The molecule has 8 nitrogen and oxygen atoms in total. The predicted octanol–water partition coefficient (Wildman–Crippen LogP) is 3.66. The Bertz CT molecular complexity index is 1150. The van der Waals surface area contributed by atoms with Crippen LogP contribution in [0.3, 0.4) is 0 Å². The molecule has 0 atom stereocenters. The van der Waals surface area contributed by atoms with Crippen molar-refractivity contribution in [2.24, 2.45) is 0 Å². The molecule has 1 fully saturated rings. The molecule has 0 bridgehead atoms. The van der Waals surface area contributed by atoms with Crippen molar-refractivity contribution >= 4 is 15.7 Å². The van der Waals surface area contributed by atoms with Crippen LogP contribution in [0.2, 0.25) is 0 Å². The van der Waals surface area contributed by atoms with Crippen molar-refractivity contribution in [1.29, 1.82) is 0 Å². The summed E-state index contributed by atoms with van der Waals surface area (Å²) in [6, 6.07) is 7.64. The molecule has 0 saturated carbocycles. The molecular weight excluding hydrogens is 510 g/mol. The zero-order chi connectivity index (χ0) is 26.4. The quantitative estimate of drug-likeness (QED) is 0.207. The standard InChI is InChI=1S/C23H25F4NO7S/c24-18-13-16(12-17(14-18)23(25,26)27)15-34-8-1-9-35-19-2-4-20(5-3-19)36(31,32)22(21(29)28-30)6-10-33-11-7-22/h2-5,12-14,30H,1,6-11,15H2,(H,28,29). The van der Waals surface area contributed by atoms with Crippen molar-refractivity contribution in [3.05, 3.63) is 59.4 Å². The van der Waals surface area contributed by atoms with Gasteiger partial charge in [0.1, 0.15) is 11.6 Å². The lowest BCUT2D eigenvalue weighted by atomic mass is 9.98. The number of nitrogens with one attached hydrogen (secondary N) is 1. The van der Waals surface area contributed by atoms with Crippen LogP contribution >= 0.6 is 0 Å². The van der Waals surface area contributed by atoms with Crippen molar-refractivity contribution in [2.45, 2.75) is 41.7 Å². The number of hydrogen-bond donors (Lipinski definition) is 2. The lowest BCUT2D eigenvalue weighted by molar-refractivity contribution is -0.138. The second kappa shape index (κ2) is 11.5. The van der Waals surface area contributed by atoms with Gasteiger partial charge in [-0.15, -0.1) is 0 Å². The Morgan fingerprint density at radius 1 is 1.08 bits per heavy atom. The minimum absolute atomic E-state index is 0.0530. The molecule has 0 spiro atoms. The highest BCUT2D eigenvalue weighted by atomic mass is 32.2. The highest BCUT2D eigenvalue weighted by Crippen LogP contribution is 2.36. The van der Waals surface area contributed by atoms with E-state index in [9.17, 15) is 30.8 Å². The average molecular weight is 536 g/mol. The molecule has 2 aromatic rings. The molecule has 198 valence electrons. The molecule has 0 aromatic heterocycles. The molecule has 0 aliphatic carbocycles. The normalized spacial score (nSPS) is 15.9. The van der Waals surface area contributed by atoms with E-state index < -0.39 is 38.0 Å². The first-order valence-electron chi connectivity index (χ1n) is 10.9. The molecule has 1 amide bonds. The molecule has 2 aromatic carbocycles. The largest absolute Gasteiger partial charge is 0.494 e. The van der Waals surface area contributed by atoms with Gasteiger partial charge in [0.2, 0.25) is 0 Å². The molecule has 0 unspecified atom stereocenters. The monoisotopic (exact) mass is 535 g/mol. The van der Waals surface area contributed by atoms with Crippen LogP contribution in [0, 0.1) is 5.82 Å². The van der Waals surface area contributed by atoms with Crippen molar-refractivity contribution in [2.75, 3.05) is 26.4 Å². The molecule has 1 aliphatic rings. The van der Waals surface area contributed by atoms with E-state index in [-0.39, 0.29) is 56.3 Å². The maximum Gasteiger partial charge on any atom is 0.416 e. The maximum absolute atomic E-state index is 13.4. The third-order valence-electron chi connectivity index (χ3n) is 5.72. The van der Waals surface area contributed by atoms with Crippen LogP contribution in [-0.4, -0.2) is 50.7 Å². The first kappa shape index (κ1) is 27.8. The summed E-state index contributed by atoms with van der Waals surface area (Å²) in [6.07, 6.45) is -4.50. The van der Waals surface area contributed by atoms with Gasteiger partial charge in [-0.2, -0.15) is 13.2 Å². The number of hydroxylamine groups is 1. The molecule has 3 rings (SSSR count). The fourth-order valence-corrected chi connectivity index (χ4v) is 5.74. The van der Waals surface area contributed by atoms with Gasteiger partial charge in [-0.1, -0.05) is 0 Å². The van der Waals surface area contributed by atoms with E-state index in [1.807, 2.05) is 0 Å². The summed E-state index contributed by atoms with van der Waals surface area (Å²) in [5.41, 5.74) is 0.416. The van der Waals surface area contributed by atoms with E-state index in [0.717, 1.165) is 12.1 Å². The number of hydrogen-bond acceptors (Lipinski definition) is 7. The first-order valence-corrected chi connectivity index (χ1v) is 12.4. The molecule has 0 radical (unpaired) electrons. The number of halogens is 4. The van der Waals surface area contributed by atoms with Gasteiger partial charge in [0.05, 0.1) is 30.3 Å². The van der Waals surface area contributed by atoms with Gasteiger partial charge in [0, 0.05) is 19.6 Å². The Hall–Kier alpha value is -2.74. The van der Waals surface area contributed by atoms with E-state index in [1.165, 1.54) is 29.7 Å². The maximum atomic E-state index is 13.4. The molecule has 13 heteroatoms. The van der Waals surface area contributed by atoms with Crippen LogP contribution in [0.25, 0.3) is 0 Å². The number of amides is 1. The van der Waals surface area contributed by atoms with Crippen molar-refractivity contribution in [3.8, 4) is 5.75 Å². The smallest absolute Gasteiger partial charge is 0.416 e. The van der Waals surface area contributed by atoms with Crippen LogP contribution < -0.4 is 10.2 Å². The Morgan fingerprint density at radius 3 is 2.36 bits per heavy atom. The number of ether oxygens (including phenoxy) is 3. The zero-order valence-electron chi connectivity index (χ0n) is 19.0. The van der Waals surface area contributed by atoms with Gasteiger partial charge < -0.3 is 14.2 Å². The Balaban J connectivity index is 1.51. The summed E-state index contributed by atoms with van der Waals surface area (Å²) in [5, 5.41) is 9.09. The summed E-state index contributed by atoms with van der Waals surface area (Å²) in [5.74, 6) is -1.67. The summed E-state index contributed by atoms with van der Waals surface area (Å²) >= 11 is 0. The summed E-state index contributed by atoms with van der Waals surface area (Å²) < 4.78 is 92.2. The minimum Gasteiger partial charge on any atom is -0.494 e. The third kappa shape index (κ3) is 6.33. The topological polar surface area (TPSA) is 111 Å². The van der Waals surface area contributed by atoms with Crippen LogP contribution in [0.1, 0.15) is 30.4 Å². The van der Waals surface area contributed by atoms with Crippen LogP contribution in [0.15, 0.2) is 47.4 Å². The number of alkyl halides is 3. The van der Waals surface area contributed by atoms with Crippen molar-refractivity contribution in [1.82, 2.24) is 5.48 Å². The van der Waals surface area contributed by atoms with E-state index in [1.54, 1.807) is 0 Å². The Labute approximate surface area is 205 Å². The average Bonchev–Trinajstić information content (AvgIpc) is 2.85. The summed E-state index contributed by atoms with van der Waals surface area (Å²) in [7, 11) is -4.15. The van der Waals surface area contributed by atoms with Crippen molar-refractivity contribution < 1.29 is 50.2 Å². The van der Waals surface area contributed by atoms with E-state index in [4.69, 9.17) is 19.4 Å². The fourth-order valence-electron chi connectivity index (χ4n) is 3.80. The van der Waals surface area contributed by atoms with Gasteiger partial charge in [-0.05, 0) is 60.9 Å². The highest BCUT2D eigenvalue weighted by molar-refractivity contribution is 7.93. The van der Waals surface area contributed by atoms with Crippen molar-refractivity contribution in [3.63, 3.8) is 0 Å². The molecule has 36 heavy (non-hydrogen) atoms. The second-order valence-electron chi connectivity index (χ2n) is 8.12. The molecular formula is C23H25F4NO7S. The summed E-state index contributed by atoms with van der Waals surface area (Å²) in [4.78, 5) is 12.2. The molecule has 1 saturated heterocycles. The Kier molecular flexibility index (Phi) is 8.93. The lowest BCUT2D eigenvalue weighted by Gasteiger charge is -2.34. The number of carbonyl (C=O) groups is 1. The predicted molar refractivity (Wildman–Crippen MR) is 118 cm³/mol. The Morgan fingerprint density at radius 2 is 1.75 bits per heavy atom. The number of rotatable bonds is 10. The van der Waals surface area contributed by atoms with Gasteiger partial charge in [0.25, 0.3) is 5.91 Å². The van der Waals surface area contributed by atoms with Crippen LogP contribution in [0.5, 0.6) is 5.75 Å². The van der Waals surface area contributed by atoms with E-state index in [2.05, 4.69) is 0 Å². The van der Waals surface area contributed by atoms with Crippen LogP contribution in [0.4, 0.5) is 17.6 Å². The molecule has 1 heterocycles. The second-order valence-corrected chi connectivity index (χ2v) is 10.4. The fraction of sp³-hybridized carbons (Fsp3) is 0.435. The molecule has 2 N–H and O–H groups in total. The van der Waals surface area contributed by atoms with Gasteiger partial charge >= 0.3 is 6.18 Å². The summed E-state index contributed by atoms with van der Waals surface area (Å²) in [6.45, 7) is 0.196.